The Hall–Kier alpha value is -1.75. The van der Waals surface area contributed by atoms with Crippen LogP contribution in [0, 0.1) is 0 Å². The summed E-state index contributed by atoms with van der Waals surface area (Å²) >= 11 is 5.08. The molecule has 2 rings (SSSR count). The first kappa shape index (κ1) is 12.7. The molecule has 0 amide bonds. The molecule has 5 heteroatoms. The quantitative estimate of drug-likeness (QED) is 0.842. The van der Waals surface area contributed by atoms with Gasteiger partial charge in [0.05, 0.1) is 28.7 Å². The van der Waals surface area contributed by atoms with Crippen LogP contribution in [-0.4, -0.2) is 19.8 Å². The highest BCUT2D eigenvalue weighted by atomic mass is 32.1. The summed E-state index contributed by atoms with van der Waals surface area (Å²) in [4.78, 5) is 4.70. The van der Waals surface area contributed by atoms with Gasteiger partial charge >= 0.3 is 0 Å². The highest BCUT2D eigenvalue weighted by Crippen LogP contribution is 2.27. The second kappa shape index (κ2) is 4.49. The maximum Gasteiger partial charge on any atom is 0.107 e. The van der Waals surface area contributed by atoms with E-state index in [0.29, 0.717) is 4.99 Å². The zero-order valence-corrected chi connectivity index (χ0v) is 11.5. The zero-order valence-electron chi connectivity index (χ0n) is 10.7. The maximum absolute atomic E-state index is 5.76. The maximum atomic E-state index is 5.76. The molecule has 0 atom stereocenters. The second-order valence-electron chi connectivity index (χ2n) is 5.07. The molecule has 0 fully saturated rings. The predicted octanol–water partition coefficient (Wildman–Crippen LogP) is 2.33. The lowest BCUT2D eigenvalue weighted by atomic mass is 10.1. The lowest BCUT2D eigenvalue weighted by molar-refractivity contribution is 0.359. The first-order valence-electron chi connectivity index (χ1n) is 5.71. The van der Waals surface area contributed by atoms with Crippen LogP contribution in [0.3, 0.4) is 0 Å². The standard InChI is InChI=1S/C13H16N4S/c1-13(2,3)17-11(9(8-16-17)12(14)18)10-6-4-5-7-15-10/h4-8H,1-3H3,(H2,14,18). The average molecular weight is 260 g/mol. The second-order valence-corrected chi connectivity index (χ2v) is 5.51. The van der Waals surface area contributed by atoms with E-state index in [1.807, 2.05) is 22.9 Å². The molecule has 0 saturated carbocycles. The van der Waals surface area contributed by atoms with Crippen molar-refractivity contribution in [1.82, 2.24) is 14.8 Å². The van der Waals surface area contributed by atoms with Crippen molar-refractivity contribution < 1.29 is 0 Å². The minimum absolute atomic E-state index is 0.157. The predicted molar refractivity (Wildman–Crippen MR) is 76.3 cm³/mol. The Morgan fingerprint density at radius 1 is 1.33 bits per heavy atom. The molecule has 2 N–H and O–H groups in total. The van der Waals surface area contributed by atoms with Gasteiger partial charge in [-0.2, -0.15) is 5.10 Å². The molecule has 2 heterocycles. The Morgan fingerprint density at radius 2 is 2.06 bits per heavy atom. The number of pyridine rings is 1. The fraction of sp³-hybridized carbons (Fsp3) is 0.308. The molecule has 4 nitrogen and oxygen atoms in total. The van der Waals surface area contributed by atoms with E-state index in [1.54, 1.807) is 12.4 Å². The molecule has 0 aliphatic heterocycles. The number of rotatable bonds is 2. The summed E-state index contributed by atoms with van der Waals surface area (Å²) < 4.78 is 1.91. The number of aromatic nitrogens is 3. The van der Waals surface area contributed by atoms with Crippen LogP contribution in [0.5, 0.6) is 0 Å². The third kappa shape index (κ3) is 2.26. The fourth-order valence-corrected chi connectivity index (χ4v) is 1.94. The van der Waals surface area contributed by atoms with Crippen molar-refractivity contribution in [3.05, 3.63) is 36.2 Å². The largest absolute Gasteiger partial charge is 0.389 e. The van der Waals surface area contributed by atoms with Crippen LogP contribution < -0.4 is 5.73 Å². The van der Waals surface area contributed by atoms with Gasteiger partial charge in [0.25, 0.3) is 0 Å². The van der Waals surface area contributed by atoms with Crippen molar-refractivity contribution in [3.63, 3.8) is 0 Å². The van der Waals surface area contributed by atoms with Crippen molar-refractivity contribution in [1.29, 1.82) is 0 Å². The molecule has 2 aromatic rings. The van der Waals surface area contributed by atoms with Gasteiger partial charge in [0.1, 0.15) is 4.99 Å². The van der Waals surface area contributed by atoms with E-state index in [2.05, 4.69) is 30.9 Å². The summed E-state index contributed by atoms with van der Waals surface area (Å²) in [6.07, 6.45) is 3.45. The highest BCUT2D eigenvalue weighted by Gasteiger charge is 2.23. The minimum Gasteiger partial charge on any atom is -0.389 e. The Bertz CT molecular complexity index is 566. The van der Waals surface area contributed by atoms with Crippen molar-refractivity contribution >= 4 is 17.2 Å². The average Bonchev–Trinajstić information content (AvgIpc) is 2.74. The lowest BCUT2D eigenvalue weighted by Gasteiger charge is -2.22. The van der Waals surface area contributed by atoms with E-state index in [9.17, 15) is 0 Å². The molecule has 18 heavy (non-hydrogen) atoms. The first-order valence-corrected chi connectivity index (χ1v) is 6.12. The van der Waals surface area contributed by atoms with E-state index in [-0.39, 0.29) is 5.54 Å². The van der Waals surface area contributed by atoms with Gasteiger partial charge in [-0.3, -0.25) is 9.67 Å². The van der Waals surface area contributed by atoms with Crippen molar-refractivity contribution in [2.75, 3.05) is 0 Å². The summed E-state index contributed by atoms with van der Waals surface area (Å²) in [5, 5.41) is 4.39. The van der Waals surface area contributed by atoms with Crippen LogP contribution in [0.2, 0.25) is 0 Å². The van der Waals surface area contributed by atoms with E-state index in [4.69, 9.17) is 18.0 Å². The third-order valence-electron chi connectivity index (χ3n) is 2.58. The lowest BCUT2D eigenvalue weighted by Crippen LogP contribution is -2.25. The van der Waals surface area contributed by atoms with Gasteiger partial charge in [0.15, 0.2) is 0 Å². The van der Waals surface area contributed by atoms with Gasteiger partial charge in [0, 0.05) is 6.20 Å². The molecule has 2 aromatic heterocycles. The van der Waals surface area contributed by atoms with Crippen LogP contribution in [0.4, 0.5) is 0 Å². The first-order chi connectivity index (χ1) is 8.41. The molecule has 0 spiro atoms. The van der Waals surface area contributed by atoms with Crippen LogP contribution in [0.15, 0.2) is 30.6 Å². The summed E-state index contributed by atoms with van der Waals surface area (Å²) in [5.74, 6) is 0. The van der Waals surface area contributed by atoms with Crippen LogP contribution in [0.25, 0.3) is 11.4 Å². The van der Waals surface area contributed by atoms with Gasteiger partial charge in [-0.1, -0.05) is 18.3 Å². The van der Waals surface area contributed by atoms with E-state index in [0.717, 1.165) is 17.0 Å². The van der Waals surface area contributed by atoms with E-state index >= 15 is 0 Å². The van der Waals surface area contributed by atoms with Gasteiger partial charge in [0.2, 0.25) is 0 Å². The van der Waals surface area contributed by atoms with Gasteiger partial charge < -0.3 is 5.73 Å². The van der Waals surface area contributed by atoms with Crippen LogP contribution in [-0.2, 0) is 5.54 Å². The van der Waals surface area contributed by atoms with Crippen molar-refractivity contribution in [3.8, 4) is 11.4 Å². The zero-order chi connectivity index (χ0) is 13.3. The number of hydrogen-bond donors (Lipinski definition) is 1. The smallest absolute Gasteiger partial charge is 0.107 e. The third-order valence-corrected chi connectivity index (χ3v) is 2.80. The Morgan fingerprint density at radius 3 is 2.56 bits per heavy atom. The normalized spacial score (nSPS) is 11.5. The summed E-state index contributed by atoms with van der Waals surface area (Å²) in [6.45, 7) is 6.24. The number of hydrogen-bond acceptors (Lipinski definition) is 3. The Kier molecular flexibility index (Phi) is 3.17. The molecule has 0 aliphatic rings. The molecule has 0 bridgehead atoms. The van der Waals surface area contributed by atoms with Gasteiger partial charge in [-0.05, 0) is 32.9 Å². The number of nitrogens with zero attached hydrogens (tertiary/aromatic N) is 3. The van der Waals surface area contributed by atoms with Gasteiger partial charge in [-0.25, -0.2) is 0 Å². The summed E-state index contributed by atoms with van der Waals surface area (Å²) in [6, 6.07) is 5.74. The molecule has 0 aromatic carbocycles. The molecule has 0 unspecified atom stereocenters. The summed E-state index contributed by atoms with van der Waals surface area (Å²) in [7, 11) is 0. The minimum atomic E-state index is -0.157. The fourth-order valence-electron chi connectivity index (χ4n) is 1.79. The van der Waals surface area contributed by atoms with E-state index < -0.39 is 0 Å². The SMILES string of the molecule is CC(C)(C)n1ncc(C(N)=S)c1-c1ccccn1. The Labute approximate surface area is 112 Å². The van der Waals surface area contributed by atoms with Crippen LogP contribution >= 0.6 is 12.2 Å². The number of nitrogens with two attached hydrogens (primary N) is 1. The molecule has 94 valence electrons. The molecule has 0 saturated heterocycles. The molecular weight excluding hydrogens is 244 g/mol. The molecule has 0 aliphatic carbocycles. The van der Waals surface area contributed by atoms with Gasteiger partial charge in [-0.15, -0.1) is 0 Å². The van der Waals surface area contributed by atoms with Crippen molar-refractivity contribution in [2.45, 2.75) is 26.3 Å². The highest BCUT2D eigenvalue weighted by molar-refractivity contribution is 7.80. The molecular formula is C13H16N4S. The van der Waals surface area contributed by atoms with Crippen molar-refractivity contribution in [2.24, 2.45) is 5.73 Å². The topological polar surface area (TPSA) is 56.7 Å². The van der Waals surface area contributed by atoms with Crippen LogP contribution in [0.1, 0.15) is 26.3 Å². The molecule has 0 radical (unpaired) electrons. The van der Waals surface area contributed by atoms with E-state index in [1.165, 1.54) is 0 Å². The monoisotopic (exact) mass is 260 g/mol. The Balaban J connectivity index is 2.70. The summed E-state index contributed by atoms with van der Waals surface area (Å²) in [5.41, 5.74) is 8.06. The number of thiocarbonyl (C=S) groups is 1.